The smallest absolute Gasteiger partial charge is 0.346 e. The Balaban J connectivity index is 3.94. The average Bonchev–Trinajstić information content (AvgIpc) is 2.24. The lowest BCUT2D eigenvalue weighted by Crippen LogP contribution is -2.46. The van der Waals surface area contributed by atoms with Gasteiger partial charge in [-0.1, -0.05) is 0 Å². The van der Waals surface area contributed by atoms with Gasteiger partial charge in [-0.15, -0.1) is 0 Å². The van der Waals surface area contributed by atoms with Gasteiger partial charge in [-0.3, -0.25) is 9.69 Å². The first-order valence-corrected chi connectivity index (χ1v) is 5.47. The summed E-state index contributed by atoms with van der Waals surface area (Å²) in [4.78, 5) is 13.1. The molecule has 0 saturated carbocycles. The molecule has 102 valence electrons. The molecular formula is C10H20F3N3O. The summed E-state index contributed by atoms with van der Waals surface area (Å²) < 4.78 is 35.7. The van der Waals surface area contributed by atoms with Crippen LogP contribution in [0.15, 0.2) is 0 Å². The number of likely N-dealkylation sites (N-methyl/N-ethyl adjacent to an activating group) is 1. The highest BCUT2D eigenvalue weighted by Gasteiger charge is 2.29. The molecule has 0 radical (unpaired) electrons. The van der Waals surface area contributed by atoms with Gasteiger partial charge >= 0.3 is 6.18 Å². The molecule has 1 atom stereocenters. The summed E-state index contributed by atoms with van der Waals surface area (Å²) >= 11 is 0. The first kappa shape index (κ1) is 16.2. The van der Waals surface area contributed by atoms with E-state index in [0.717, 1.165) is 13.0 Å². The van der Waals surface area contributed by atoms with Crippen molar-refractivity contribution in [2.45, 2.75) is 25.6 Å². The van der Waals surface area contributed by atoms with E-state index in [4.69, 9.17) is 0 Å². The number of carbonyl (C=O) groups is 1. The molecule has 0 aromatic carbocycles. The molecule has 0 aliphatic heterocycles. The molecule has 1 unspecified atom stereocenters. The molecule has 0 aliphatic rings. The second-order valence-corrected chi connectivity index (χ2v) is 3.95. The summed E-state index contributed by atoms with van der Waals surface area (Å²) in [5, 5.41) is 4.83. The summed E-state index contributed by atoms with van der Waals surface area (Å²) in [6.45, 7) is 1.77. The van der Waals surface area contributed by atoms with Crippen LogP contribution < -0.4 is 10.6 Å². The molecule has 0 bridgehead atoms. The zero-order chi connectivity index (χ0) is 13.5. The lowest BCUT2D eigenvalue weighted by Gasteiger charge is -2.24. The Morgan fingerprint density at radius 1 is 1.41 bits per heavy atom. The first-order chi connectivity index (χ1) is 7.78. The molecular weight excluding hydrogens is 235 g/mol. The molecule has 0 rings (SSSR count). The van der Waals surface area contributed by atoms with Crippen LogP contribution >= 0.6 is 0 Å². The third kappa shape index (κ3) is 7.98. The monoisotopic (exact) mass is 255 g/mol. The topological polar surface area (TPSA) is 44.4 Å². The van der Waals surface area contributed by atoms with Crippen LogP contribution in [0.1, 0.15) is 13.3 Å². The van der Waals surface area contributed by atoms with Crippen molar-refractivity contribution in [3.05, 3.63) is 0 Å². The van der Waals surface area contributed by atoms with Crippen LogP contribution in [-0.4, -0.2) is 56.8 Å². The van der Waals surface area contributed by atoms with E-state index < -0.39 is 24.7 Å². The van der Waals surface area contributed by atoms with Crippen molar-refractivity contribution in [3.8, 4) is 0 Å². The van der Waals surface area contributed by atoms with Crippen LogP contribution in [0, 0.1) is 0 Å². The minimum absolute atomic E-state index is 0.561. The van der Waals surface area contributed by atoms with Crippen molar-refractivity contribution in [1.29, 1.82) is 0 Å². The quantitative estimate of drug-likeness (QED) is 0.655. The fourth-order valence-corrected chi connectivity index (χ4v) is 1.23. The molecule has 0 fully saturated rings. The number of rotatable bonds is 7. The zero-order valence-corrected chi connectivity index (χ0v) is 10.4. The normalized spacial score (nSPS) is 13.8. The molecule has 0 aromatic rings. The van der Waals surface area contributed by atoms with Crippen molar-refractivity contribution in [3.63, 3.8) is 0 Å². The summed E-state index contributed by atoms with van der Waals surface area (Å²) in [6, 6.07) is -0.561. The fraction of sp³-hybridized carbons (Fsp3) is 0.900. The summed E-state index contributed by atoms with van der Waals surface area (Å²) in [6.07, 6.45) is -3.52. The molecule has 0 heterocycles. The Morgan fingerprint density at radius 2 is 2.00 bits per heavy atom. The van der Waals surface area contributed by atoms with Crippen molar-refractivity contribution in [1.82, 2.24) is 15.5 Å². The van der Waals surface area contributed by atoms with Gasteiger partial charge in [0.2, 0.25) is 5.91 Å². The van der Waals surface area contributed by atoms with E-state index in [2.05, 4.69) is 5.32 Å². The molecule has 0 spiro atoms. The Bertz CT molecular complexity index is 233. The Labute approximate surface area is 99.5 Å². The molecule has 1 amide bonds. The van der Waals surface area contributed by atoms with Crippen molar-refractivity contribution in [2.75, 3.05) is 33.7 Å². The van der Waals surface area contributed by atoms with Gasteiger partial charge in [-0.05, 0) is 40.5 Å². The number of halogens is 3. The molecule has 4 nitrogen and oxygen atoms in total. The lowest BCUT2D eigenvalue weighted by atomic mass is 10.2. The molecule has 17 heavy (non-hydrogen) atoms. The minimum Gasteiger partial charge on any atom is -0.346 e. The van der Waals surface area contributed by atoms with Crippen LogP contribution in [0.4, 0.5) is 13.2 Å². The van der Waals surface area contributed by atoms with Crippen molar-refractivity contribution >= 4 is 5.91 Å². The number of hydrogen-bond donors (Lipinski definition) is 2. The highest BCUT2D eigenvalue weighted by atomic mass is 19.4. The van der Waals surface area contributed by atoms with E-state index in [0.29, 0.717) is 6.54 Å². The number of hydrogen-bond acceptors (Lipinski definition) is 3. The SMILES string of the molecule is CNCCCN(C)C(C)C(=O)NCC(F)(F)F. The van der Waals surface area contributed by atoms with E-state index >= 15 is 0 Å². The van der Waals surface area contributed by atoms with E-state index in [-0.39, 0.29) is 0 Å². The maximum absolute atomic E-state index is 11.9. The van der Waals surface area contributed by atoms with Gasteiger partial charge in [0.1, 0.15) is 6.54 Å². The van der Waals surface area contributed by atoms with Crippen LogP contribution in [0.5, 0.6) is 0 Å². The highest BCUT2D eigenvalue weighted by Crippen LogP contribution is 2.12. The second kappa shape index (κ2) is 7.50. The van der Waals surface area contributed by atoms with E-state index in [1.54, 1.807) is 18.9 Å². The highest BCUT2D eigenvalue weighted by molar-refractivity contribution is 5.81. The fourth-order valence-electron chi connectivity index (χ4n) is 1.23. The number of nitrogens with zero attached hydrogens (tertiary/aromatic N) is 1. The first-order valence-electron chi connectivity index (χ1n) is 5.47. The van der Waals surface area contributed by atoms with Crippen LogP contribution in [0.3, 0.4) is 0 Å². The van der Waals surface area contributed by atoms with Gasteiger partial charge in [0.15, 0.2) is 0 Å². The molecule has 0 aromatic heterocycles. The Morgan fingerprint density at radius 3 is 2.47 bits per heavy atom. The Hall–Kier alpha value is -0.820. The van der Waals surface area contributed by atoms with Crippen LogP contribution in [0.2, 0.25) is 0 Å². The largest absolute Gasteiger partial charge is 0.405 e. The number of alkyl halides is 3. The van der Waals surface area contributed by atoms with Crippen molar-refractivity contribution in [2.24, 2.45) is 0 Å². The lowest BCUT2D eigenvalue weighted by molar-refractivity contribution is -0.141. The minimum atomic E-state index is -4.36. The van der Waals surface area contributed by atoms with E-state index in [1.807, 2.05) is 12.4 Å². The van der Waals surface area contributed by atoms with Gasteiger partial charge < -0.3 is 10.6 Å². The third-order valence-corrected chi connectivity index (χ3v) is 2.44. The van der Waals surface area contributed by atoms with E-state index in [9.17, 15) is 18.0 Å². The zero-order valence-electron chi connectivity index (χ0n) is 10.4. The second-order valence-electron chi connectivity index (χ2n) is 3.95. The molecule has 0 aliphatic carbocycles. The summed E-state index contributed by atoms with van der Waals surface area (Å²) in [7, 11) is 3.53. The number of carbonyl (C=O) groups excluding carboxylic acids is 1. The molecule has 2 N–H and O–H groups in total. The van der Waals surface area contributed by atoms with Gasteiger partial charge in [0, 0.05) is 0 Å². The third-order valence-electron chi connectivity index (χ3n) is 2.44. The predicted octanol–water partition coefficient (Wildman–Crippen LogP) is 0.595. The average molecular weight is 255 g/mol. The van der Waals surface area contributed by atoms with Crippen molar-refractivity contribution < 1.29 is 18.0 Å². The standard InChI is InChI=1S/C10H20F3N3O/c1-8(16(3)6-4-5-14-2)9(17)15-7-10(11,12)13/h8,14H,4-7H2,1-3H3,(H,15,17). The van der Waals surface area contributed by atoms with Crippen LogP contribution in [-0.2, 0) is 4.79 Å². The predicted molar refractivity (Wildman–Crippen MR) is 59.7 cm³/mol. The van der Waals surface area contributed by atoms with Crippen LogP contribution in [0.25, 0.3) is 0 Å². The van der Waals surface area contributed by atoms with Gasteiger partial charge in [-0.25, -0.2) is 0 Å². The van der Waals surface area contributed by atoms with E-state index in [1.165, 1.54) is 0 Å². The van der Waals surface area contributed by atoms with Gasteiger partial charge in [-0.2, -0.15) is 13.2 Å². The maximum Gasteiger partial charge on any atom is 0.405 e. The number of nitrogens with one attached hydrogen (secondary N) is 2. The molecule has 7 heteroatoms. The Kier molecular flexibility index (Phi) is 7.13. The maximum atomic E-state index is 11.9. The summed E-state index contributed by atoms with van der Waals surface area (Å²) in [5.74, 6) is -0.603. The van der Waals surface area contributed by atoms with Gasteiger partial charge in [0.25, 0.3) is 0 Å². The molecule has 0 saturated heterocycles. The van der Waals surface area contributed by atoms with Gasteiger partial charge in [0.05, 0.1) is 6.04 Å². The number of amides is 1. The summed E-state index contributed by atoms with van der Waals surface area (Å²) in [5.41, 5.74) is 0.